The molecule has 0 saturated carbocycles. The van der Waals surface area contributed by atoms with Gasteiger partial charge in [0.2, 0.25) is 0 Å². The highest BCUT2D eigenvalue weighted by Crippen LogP contribution is 2.31. The first kappa shape index (κ1) is 18.6. The third kappa shape index (κ3) is 4.88. The third-order valence-electron chi connectivity index (χ3n) is 3.59. The average molecular weight is 360 g/mol. The van der Waals surface area contributed by atoms with Gasteiger partial charge in [0, 0.05) is 18.4 Å². The standard InChI is InChI=1S/C18H20N2O4S/c1-23-17-6-4-5-14(18(17)24-2)11-20-16-8-7-13(9-15(16)10-19)12-25(3,21)22/h4-9,20H,11-12H2,1-3H3. The zero-order valence-corrected chi connectivity index (χ0v) is 15.2. The molecule has 0 aromatic heterocycles. The largest absolute Gasteiger partial charge is 0.493 e. The summed E-state index contributed by atoms with van der Waals surface area (Å²) >= 11 is 0. The lowest BCUT2D eigenvalue weighted by molar-refractivity contribution is 0.352. The van der Waals surface area contributed by atoms with Crippen molar-refractivity contribution in [3.05, 3.63) is 53.1 Å². The molecule has 0 bridgehead atoms. The Bertz CT molecular complexity index is 902. The SMILES string of the molecule is COc1cccc(CNc2ccc(CS(C)(=O)=O)cc2C#N)c1OC. The number of nitrogens with one attached hydrogen (secondary N) is 1. The minimum Gasteiger partial charge on any atom is -0.493 e. The van der Waals surface area contributed by atoms with Gasteiger partial charge in [-0.15, -0.1) is 0 Å². The monoisotopic (exact) mass is 360 g/mol. The fraction of sp³-hybridized carbons (Fsp3) is 0.278. The molecule has 2 aromatic rings. The smallest absolute Gasteiger partial charge is 0.165 e. The Morgan fingerprint density at radius 3 is 2.52 bits per heavy atom. The van der Waals surface area contributed by atoms with Gasteiger partial charge in [0.25, 0.3) is 0 Å². The van der Waals surface area contributed by atoms with Crippen molar-refractivity contribution in [2.75, 3.05) is 25.8 Å². The quantitative estimate of drug-likeness (QED) is 0.817. The summed E-state index contributed by atoms with van der Waals surface area (Å²) < 4.78 is 33.5. The van der Waals surface area contributed by atoms with Crippen LogP contribution in [0.2, 0.25) is 0 Å². The third-order valence-corrected chi connectivity index (χ3v) is 4.44. The number of ether oxygens (including phenoxy) is 2. The second-order valence-electron chi connectivity index (χ2n) is 5.57. The molecule has 0 spiro atoms. The Morgan fingerprint density at radius 1 is 1.16 bits per heavy atom. The Balaban J connectivity index is 2.23. The zero-order chi connectivity index (χ0) is 18.4. The van der Waals surface area contributed by atoms with Gasteiger partial charge in [-0.2, -0.15) is 5.26 Å². The van der Waals surface area contributed by atoms with Gasteiger partial charge >= 0.3 is 0 Å². The van der Waals surface area contributed by atoms with Crippen LogP contribution in [0.3, 0.4) is 0 Å². The summed E-state index contributed by atoms with van der Waals surface area (Å²) in [6.07, 6.45) is 1.17. The van der Waals surface area contributed by atoms with Crippen LogP contribution in [0.4, 0.5) is 5.69 Å². The van der Waals surface area contributed by atoms with Crippen molar-refractivity contribution in [2.45, 2.75) is 12.3 Å². The van der Waals surface area contributed by atoms with E-state index in [1.54, 1.807) is 32.4 Å². The summed E-state index contributed by atoms with van der Waals surface area (Å²) in [6.45, 7) is 0.431. The molecule has 0 aliphatic rings. The highest BCUT2D eigenvalue weighted by molar-refractivity contribution is 7.89. The highest BCUT2D eigenvalue weighted by Gasteiger charge is 2.11. The van der Waals surface area contributed by atoms with E-state index in [-0.39, 0.29) is 5.75 Å². The van der Waals surface area contributed by atoms with Gasteiger partial charge in [-0.3, -0.25) is 0 Å². The number of nitrogens with zero attached hydrogens (tertiary/aromatic N) is 1. The van der Waals surface area contributed by atoms with Crippen molar-refractivity contribution in [3.8, 4) is 17.6 Å². The van der Waals surface area contributed by atoms with E-state index < -0.39 is 9.84 Å². The molecule has 0 saturated heterocycles. The maximum Gasteiger partial charge on any atom is 0.165 e. The van der Waals surface area contributed by atoms with E-state index in [1.165, 1.54) is 6.26 Å². The van der Waals surface area contributed by atoms with Crippen LogP contribution in [0.25, 0.3) is 0 Å². The molecule has 7 heteroatoms. The van der Waals surface area contributed by atoms with E-state index in [2.05, 4.69) is 11.4 Å². The normalized spacial score (nSPS) is 10.8. The van der Waals surface area contributed by atoms with Crippen LogP contribution in [0, 0.1) is 11.3 Å². The fourth-order valence-corrected chi connectivity index (χ4v) is 3.30. The number of nitriles is 1. The summed E-state index contributed by atoms with van der Waals surface area (Å²) in [5.74, 6) is 1.17. The van der Waals surface area contributed by atoms with E-state index in [1.807, 2.05) is 18.2 Å². The van der Waals surface area contributed by atoms with E-state index in [0.29, 0.717) is 34.9 Å². The predicted octanol–water partition coefficient (Wildman–Crippen LogP) is 2.73. The summed E-state index contributed by atoms with van der Waals surface area (Å²) in [6, 6.07) is 12.7. The molecule has 0 radical (unpaired) electrons. The van der Waals surface area contributed by atoms with E-state index in [0.717, 1.165) is 5.56 Å². The molecular weight excluding hydrogens is 340 g/mol. The van der Waals surface area contributed by atoms with Crippen LogP contribution in [0.1, 0.15) is 16.7 Å². The number of rotatable bonds is 7. The van der Waals surface area contributed by atoms with Crippen LogP contribution in [0.5, 0.6) is 11.5 Å². The Labute approximate surface area is 147 Å². The number of hydrogen-bond donors (Lipinski definition) is 1. The van der Waals surface area contributed by atoms with E-state index in [4.69, 9.17) is 9.47 Å². The average Bonchev–Trinajstić information content (AvgIpc) is 2.58. The van der Waals surface area contributed by atoms with Gasteiger partial charge in [-0.25, -0.2) is 8.42 Å². The highest BCUT2D eigenvalue weighted by atomic mass is 32.2. The molecule has 0 unspecified atom stereocenters. The zero-order valence-electron chi connectivity index (χ0n) is 14.4. The molecule has 0 aliphatic carbocycles. The number of methoxy groups -OCH3 is 2. The van der Waals surface area contributed by atoms with Gasteiger partial charge in [-0.1, -0.05) is 18.2 Å². The molecule has 0 aliphatic heterocycles. The molecule has 2 aromatic carbocycles. The number of benzene rings is 2. The summed E-state index contributed by atoms with van der Waals surface area (Å²) in [7, 11) is -0.00298. The lowest BCUT2D eigenvalue weighted by Crippen LogP contribution is -2.05. The second-order valence-corrected chi connectivity index (χ2v) is 7.71. The van der Waals surface area contributed by atoms with E-state index in [9.17, 15) is 13.7 Å². The maximum absolute atomic E-state index is 11.4. The lowest BCUT2D eigenvalue weighted by atomic mass is 10.1. The van der Waals surface area contributed by atoms with Gasteiger partial charge in [0.05, 0.1) is 31.2 Å². The van der Waals surface area contributed by atoms with Crippen molar-refractivity contribution in [1.82, 2.24) is 0 Å². The first-order chi connectivity index (χ1) is 11.9. The molecule has 0 atom stereocenters. The van der Waals surface area contributed by atoms with Crippen LogP contribution >= 0.6 is 0 Å². The first-order valence-corrected chi connectivity index (χ1v) is 9.58. The van der Waals surface area contributed by atoms with Crippen LogP contribution in [0.15, 0.2) is 36.4 Å². The lowest BCUT2D eigenvalue weighted by Gasteiger charge is -2.14. The van der Waals surface area contributed by atoms with Crippen LogP contribution < -0.4 is 14.8 Å². The van der Waals surface area contributed by atoms with Gasteiger partial charge in [-0.05, 0) is 23.8 Å². The Kier molecular flexibility index (Phi) is 5.88. The van der Waals surface area contributed by atoms with Crippen molar-refractivity contribution < 1.29 is 17.9 Å². The first-order valence-electron chi connectivity index (χ1n) is 7.52. The molecule has 1 N–H and O–H groups in total. The number of anilines is 1. The van der Waals surface area contributed by atoms with Crippen molar-refractivity contribution in [3.63, 3.8) is 0 Å². The van der Waals surface area contributed by atoms with Gasteiger partial charge in [0.1, 0.15) is 6.07 Å². The number of sulfone groups is 1. The van der Waals surface area contributed by atoms with Crippen LogP contribution in [-0.4, -0.2) is 28.9 Å². The number of hydrogen-bond acceptors (Lipinski definition) is 6. The molecule has 6 nitrogen and oxygen atoms in total. The summed E-state index contributed by atoms with van der Waals surface area (Å²) in [5.41, 5.74) is 2.49. The van der Waals surface area contributed by atoms with Crippen molar-refractivity contribution in [1.29, 1.82) is 5.26 Å². The Hall–Kier alpha value is -2.72. The molecule has 132 valence electrons. The molecule has 0 fully saturated rings. The molecular formula is C18H20N2O4S. The van der Waals surface area contributed by atoms with Crippen molar-refractivity contribution >= 4 is 15.5 Å². The predicted molar refractivity (Wildman–Crippen MR) is 96.6 cm³/mol. The summed E-state index contributed by atoms with van der Waals surface area (Å²) in [4.78, 5) is 0. The van der Waals surface area contributed by atoms with Gasteiger partial charge < -0.3 is 14.8 Å². The summed E-state index contributed by atoms with van der Waals surface area (Å²) in [5, 5.41) is 12.5. The molecule has 0 heterocycles. The molecule has 2 rings (SSSR count). The number of para-hydroxylation sites is 1. The minimum atomic E-state index is -3.15. The molecule has 25 heavy (non-hydrogen) atoms. The van der Waals surface area contributed by atoms with Crippen molar-refractivity contribution in [2.24, 2.45) is 0 Å². The van der Waals surface area contributed by atoms with E-state index >= 15 is 0 Å². The second kappa shape index (κ2) is 7.90. The fourth-order valence-electron chi connectivity index (χ4n) is 2.51. The van der Waals surface area contributed by atoms with Gasteiger partial charge in [0.15, 0.2) is 21.3 Å². The minimum absolute atomic E-state index is 0.0916. The van der Waals surface area contributed by atoms with Crippen LogP contribution in [-0.2, 0) is 22.1 Å². The topological polar surface area (TPSA) is 88.4 Å². The molecule has 0 amide bonds. The maximum atomic E-state index is 11.4. The Morgan fingerprint density at radius 2 is 1.92 bits per heavy atom.